The van der Waals surface area contributed by atoms with Gasteiger partial charge < -0.3 is 15.0 Å². The van der Waals surface area contributed by atoms with Gasteiger partial charge in [-0.2, -0.15) is 0 Å². The van der Waals surface area contributed by atoms with Crippen molar-refractivity contribution in [2.45, 2.75) is 6.92 Å². The smallest absolute Gasteiger partial charge is 0.262 e. The second kappa shape index (κ2) is 8.86. The van der Waals surface area contributed by atoms with E-state index in [0.717, 1.165) is 11.1 Å². The molecule has 5 nitrogen and oxygen atoms in total. The zero-order valence-electron chi connectivity index (χ0n) is 15.9. The van der Waals surface area contributed by atoms with E-state index in [9.17, 15) is 9.59 Å². The average Bonchev–Trinajstić information content (AvgIpc) is 2.73. The van der Waals surface area contributed by atoms with E-state index < -0.39 is 0 Å². The highest BCUT2D eigenvalue weighted by Gasteiger charge is 2.08. The van der Waals surface area contributed by atoms with E-state index in [1.54, 1.807) is 25.2 Å². The van der Waals surface area contributed by atoms with Gasteiger partial charge in [0.2, 0.25) is 5.91 Å². The molecule has 28 heavy (non-hydrogen) atoms. The summed E-state index contributed by atoms with van der Waals surface area (Å²) < 4.78 is 5.57. The maximum absolute atomic E-state index is 12.2. The molecule has 0 unspecified atom stereocenters. The number of carbonyl (C=O) groups is 2. The molecular weight excluding hydrogens is 352 g/mol. The number of benzene rings is 3. The number of anilines is 2. The van der Waals surface area contributed by atoms with Crippen LogP contribution in [-0.4, -0.2) is 25.5 Å². The largest absolute Gasteiger partial charge is 0.484 e. The molecular formula is C23H22N2O3. The summed E-state index contributed by atoms with van der Waals surface area (Å²) in [5.41, 5.74) is 3.53. The van der Waals surface area contributed by atoms with Gasteiger partial charge in [0.1, 0.15) is 5.75 Å². The first-order valence-electron chi connectivity index (χ1n) is 8.95. The normalized spacial score (nSPS) is 10.2. The van der Waals surface area contributed by atoms with E-state index in [-0.39, 0.29) is 18.4 Å². The van der Waals surface area contributed by atoms with Gasteiger partial charge in [-0.25, -0.2) is 0 Å². The van der Waals surface area contributed by atoms with Crippen LogP contribution in [0.2, 0.25) is 0 Å². The third kappa shape index (κ3) is 4.98. The minimum atomic E-state index is -0.269. The first-order valence-corrected chi connectivity index (χ1v) is 8.95. The summed E-state index contributed by atoms with van der Waals surface area (Å²) in [5, 5.41) is 2.78. The maximum Gasteiger partial charge on any atom is 0.262 e. The number of carbonyl (C=O) groups excluding carboxylic acids is 2. The number of hydrogen-bond donors (Lipinski definition) is 1. The molecule has 2 amide bonds. The lowest BCUT2D eigenvalue weighted by Gasteiger charge is -2.16. The van der Waals surface area contributed by atoms with E-state index in [1.165, 1.54) is 11.8 Å². The van der Waals surface area contributed by atoms with Crippen molar-refractivity contribution in [1.29, 1.82) is 0 Å². The topological polar surface area (TPSA) is 58.6 Å². The minimum Gasteiger partial charge on any atom is -0.484 e. The molecule has 0 fully saturated rings. The summed E-state index contributed by atoms with van der Waals surface area (Å²) >= 11 is 0. The predicted molar refractivity (Wildman–Crippen MR) is 112 cm³/mol. The van der Waals surface area contributed by atoms with Crippen LogP contribution in [0.25, 0.3) is 11.1 Å². The van der Waals surface area contributed by atoms with Gasteiger partial charge in [-0.05, 0) is 41.5 Å². The third-order valence-corrected chi connectivity index (χ3v) is 4.32. The fourth-order valence-corrected chi connectivity index (χ4v) is 2.69. The minimum absolute atomic E-state index is 0.0780. The molecule has 0 heterocycles. The molecule has 3 aromatic rings. The lowest BCUT2D eigenvalue weighted by molar-refractivity contribution is -0.118. The molecule has 0 radical (unpaired) electrons. The number of nitrogens with zero attached hydrogens (tertiary/aromatic N) is 1. The summed E-state index contributed by atoms with van der Waals surface area (Å²) in [7, 11) is 1.69. The fraction of sp³-hybridized carbons (Fsp3) is 0.130. The molecule has 142 valence electrons. The molecule has 3 rings (SSSR count). The van der Waals surface area contributed by atoms with Crippen molar-refractivity contribution in [2.24, 2.45) is 0 Å². The van der Waals surface area contributed by atoms with Crippen LogP contribution in [0.3, 0.4) is 0 Å². The number of amides is 2. The first-order chi connectivity index (χ1) is 13.5. The third-order valence-electron chi connectivity index (χ3n) is 4.32. The summed E-state index contributed by atoms with van der Waals surface area (Å²) in [4.78, 5) is 25.2. The van der Waals surface area contributed by atoms with Crippen LogP contribution < -0.4 is 15.0 Å². The Morgan fingerprint density at radius 3 is 2.25 bits per heavy atom. The Kier molecular flexibility index (Phi) is 6.07. The quantitative estimate of drug-likeness (QED) is 0.698. The molecule has 3 aromatic carbocycles. The summed E-state index contributed by atoms with van der Waals surface area (Å²) in [5.74, 6) is 0.278. The highest BCUT2D eigenvalue weighted by atomic mass is 16.5. The van der Waals surface area contributed by atoms with Gasteiger partial charge in [0.25, 0.3) is 5.91 Å². The number of ether oxygens (including phenoxy) is 1. The van der Waals surface area contributed by atoms with Crippen molar-refractivity contribution in [3.63, 3.8) is 0 Å². The van der Waals surface area contributed by atoms with Crippen molar-refractivity contribution in [1.82, 2.24) is 0 Å². The molecule has 0 saturated heterocycles. The second-order valence-electron chi connectivity index (χ2n) is 6.36. The number of rotatable bonds is 6. The molecule has 0 aromatic heterocycles. The van der Waals surface area contributed by atoms with Crippen LogP contribution in [0, 0.1) is 0 Å². The molecule has 0 bridgehead atoms. The first kappa shape index (κ1) is 19.2. The predicted octanol–water partition coefficient (Wildman–Crippen LogP) is 4.35. The SMILES string of the molecule is CC(=O)N(C)c1cccc(NC(=O)COc2ccc(-c3ccccc3)cc2)c1. The van der Waals surface area contributed by atoms with E-state index in [4.69, 9.17) is 4.74 Å². The molecule has 0 atom stereocenters. The summed E-state index contributed by atoms with van der Waals surface area (Å²) in [6, 6.07) is 24.8. The van der Waals surface area contributed by atoms with Crippen LogP contribution >= 0.6 is 0 Å². The number of nitrogens with one attached hydrogen (secondary N) is 1. The molecule has 1 N–H and O–H groups in total. The fourth-order valence-electron chi connectivity index (χ4n) is 2.69. The van der Waals surface area contributed by atoms with Gasteiger partial charge in [-0.15, -0.1) is 0 Å². The Morgan fingerprint density at radius 2 is 1.57 bits per heavy atom. The van der Waals surface area contributed by atoms with E-state index >= 15 is 0 Å². The molecule has 5 heteroatoms. The standard InChI is InChI=1S/C23H22N2O3/c1-17(26)25(2)21-10-6-9-20(15-21)24-23(27)16-28-22-13-11-19(12-14-22)18-7-4-3-5-8-18/h3-15H,16H2,1-2H3,(H,24,27). The Hall–Kier alpha value is -3.60. The van der Waals surface area contributed by atoms with Crippen LogP contribution in [0.5, 0.6) is 5.75 Å². The molecule has 0 aliphatic heterocycles. The highest BCUT2D eigenvalue weighted by molar-refractivity contribution is 5.94. The zero-order valence-corrected chi connectivity index (χ0v) is 15.9. The van der Waals surface area contributed by atoms with Crippen molar-refractivity contribution in [3.8, 4) is 16.9 Å². The molecule has 0 saturated carbocycles. The van der Waals surface area contributed by atoms with Crippen LogP contribution in [0.1, 0.15) is 6.92 Å². The van der Waals surface area contributed by atoms with Gasteiger partial charge in [0.15, 0.2) is 6.61 Å². The average molecular weight is 374 g/mol. The van der Waals surface area contributed by atoms with Crippen LogP contribution in [0.4, 0.5) is 11.4 Å². The molecule has 0 aliphatic rings. The highest BCUT2D eigenvalue weighted by Crippen LogP contribution is 2.22. The molecule has 0 spiro atoms. The lowest BCUT2D eigenvalue weighted by atomic mass is 10.1. The van der Waals surface area contributed by atoms with Crippen LogP contribution in [-0.2, 0) is 9.59 Å². The van der Waals surface area contributed by atoms with Crippen molar-refractivity contribution >= 4 is 23.2 Å². The van der Waals surface area contributed by atoms with Gasteiger partial charge in [-0.3, -0.25) is 9.59 Å². The summed E-state index contributed by atoms with van der Waals surface area (Å²) in [6.45, 7) is 1.39. The molecule has 0 aliphatic carbocycles. The van der Waals surface area contributed by atoms with Crippen molar-refractivity contribution < 1.29 is 14.3 Å². The van der Waals surface area contributed by atoms with Gasteiger partial charge in [0.05, 0.1) is 0 Å². The van der Waals surface area contributed by atoms with Crippen LogP contribution in [0.15, 0.2) is 78.9 Å². The van der Waals surface area contributed by atoms with Crippen molar-refractivity contribution in [3.05, 3.63) is 78.9 Å². The van der Waals surface area contributed by atoms with Crippen molar-refractivity contribution in [2.75, 3.05) is 23.9 Å². The number of hydrogen-bond acceptors (Lipinski definition) is 3. The maximum atomic E-state index is 12.2. The lowest BCUT2D eigenvalue weighted by Crippen LogP contribution is -2.23. The summed E-state index contributed by atoms with van der Waals surface area (Å²) in [6.07, 6.45) is 0. The van der Waals surface area contributed by atoms with Gasteiger partial charge in [0, 0.05) is 25.3 Å². The Morgan fingerprint density at radius 1 is 0.893 bits per heavy atom. The Labute approximate surface area is 164 Å². The Bertz CT molecular complexity index is 953. The second-order valence-corrected chi connectivity index (χ2v) is 6.36. The monoisotopic (exact) mass is 374 g/mol. The zero-order chi connectivity index (χ0) is 19.9. The van der Waals surface area contributed by atoms with Gasteiger partial charge in [-0.1, -0.05) is 48.5 Å². The van der Waals surface area contributed by atoms with Gasteiger partial charge >= 0.3 is 0 Å². The van der Waals surface area contributed by atoms with E-state index in [2.05, 4.69) is 5.32 Å². The van der Waals surface area contributed by atoms with E-state index in [0.29, 0.717) is 17.1 Å². The Balaban J connectivity index is 1.56. The van der Waals surface area contributed by atoms with E-state index in [1.807, 2.05) is 60.7 Å².